The maximum atomic E-state index is 10.6. The highest BCUT2D eigenvalue weighted by atomic mass is 32.2. The van der Waals surface area contributed by atoms with E-state index in [1.54, 1.807) is 7.11 Å². The van der Waals surface area contributed by atoms with Crippen molar-refractivity contribution in [3.63, 3.8) is 0 Å². The lowest BCUT2D eigenvalue weighted by Gasteiger charge is -2.09. The number of hydrogen-bond acceptors (Lipinski definition) is 4. The van der Waals surface area contributed by atoms with E-state index >= 15 is 0 Å². The number of primary sulfonamides is 1. The van der Waals surface area contributed by atoms with Crippen LogP contribution in [0, 0.1) is 0 Å². The quantitative estimate of drug-likeness (QED) is 0.390. The van der Waals surface area contributed by atoms with Gasteiger partial charge in [0, 0.05) is 26.8 Å². The molecular weight excluding hydrogens is 238 g/mol. The molecule has 0 amide bonds. The fourth-order valence-electron chi connectivity index (χ4n) is 0.788. The number of rotatable bonds is 7. The van der Waals surface area contributed by atoms with Gasteiger partial charge < -0.3 is 15.4 Å². The van der Waals surface area contributed by atoms with Crippen LogP contribution < -0.4 is 15.8 Å². The van der Waals surface area contributed by atoms with E-state index in [0.717, 1.165) is 6.42 Å². The molecule has 15 heavy (non-hydrogen) atoms. The molecular formula is C7H17N3O3S2. The summed E-state index contributed by atoms with van der Waals surface area (Å²) in [6.07, 6.45) is 0.841. The lowest BCUT2D eigenvalue weighted by Crippen LogP contribution is -2.39. The first-order valence-electron chi connectivity index (χ1n) is 4.47. The number of sulfonamides is 1. The fourth-order valence-corrected chi connectivity index (χ4v) is 1.38. The minimum absolute atomic E-state index is 0.132. The van der Waals surface area contributed by atoms with Gasteiger partial charge in [-0.25, -0.2) is 13.6 Å². The molecule has 0 aromatic rings. The zero-order valence-electron chi connectivity index (χ0n) is 8.65. The highest BCUT2D eigenvalue weighted by Gasteiger charge is 2.02. The zero-order chi connectivity index (χ0) is 11.7. The summed E-state index contributed by atoms with van der Waals surface area (Å²) in [5, 5.41) is 10.9. The lowest BCUT2D eigenvalue weighted by atomic mass is 10.4. The largest absolute Gasteiger partial charge is 0.385 e. The van der Waals surface area contributed by atoms with Crippen LogP contribution >= 0.6 is 12.2 Å². The molecule has 0 atom stereocenters. The van der Waals surface area contributed by atoms with Gasteiger partial charge in [0.1, 0.15) is 0 Å². The van der Waals surface area contributed by atoms with E-state index in [4.69, 9.17) is 22.1 Å². The first-order valence-corrected chi connectivity index (χ1v) is 6.59. The Balaban J connectivity index is 3.42. The molecule has 0 saturated heterocycles. The van der Waals surface area contributed by atoms with Crippen molar-refractivity contribution in [1.29, 1.82) is 0 Å². The zero-order valence-corrected chi connectivity index (χ0v) is 10.3. The Kier molecular flexibility index (Phi) is 7.57. The van der Waals surface area contributed by atoms with Gasteiger partial charge >= 0.3 is 0 Å². The Bertz CT molecular complexity index is 279. The summed E-state index contributed by atoms with van der Waals surface area (Å²) in [4.78, 5) is 0. The van der Waals surface area contributed by atoms with Gasteiger partial charge in [-0.2, -0.15) is 0 Å². The second-order valence-corrected chi connectivity index (χ2v) is 5.04. The Morgan fingerprint density at radius 2 is 2.00 bits per heavy atom. The normalized spacial score (nSPS) is 11.1. The molecule has 0 heterocycles. The molecule has 0 aliphatic heterocycles. The van der Waals surface area contributed by atoms with Crippen LogP contribution in [0.1, 0.15) is 6.42 Å². The second-order valence-electron chi connectivity index (χ2n) is 2.90. The number of methoxy groups -OCH3 is 1. The maximum absolute atomic E-state index is 10.6. The first-order chi connectivity index (χ1) is 6.95. The van der Waals surface area contributed by atoms with Gasteiger partial charge in [-0.1, -0.05) is 0 Å². The third kappa shape index (κ3) is 11.5. The Morgan fingerprint density at radius 3 is 2.53 bits per heavy atom. The molecule has 0 radical (unpaired) electrons. The molecule has 0 spiro atoms. The summed E-state index contributed by atoms with van der Waals surface area (Å²) >= 11 is 4.89. The van der Waals surface area contributed by atoms with Crippen molar-refractivity contribution in [2.24, 2.45) is 5.14 Å². The van der Waals surface area contributed by atoms with E-state index in [1.807, 2.05) is 0 Å². The molecule has 6 nitrogen and oxygen atoms in total. The predicted molar refractivity (Wildman–Crippen MR) is 63.1 cm³/mol. The molecule has 8 heteroatoms. The van der Waals surface area contributed by atoms with E-state index in [2.05, 4.69) is 10.6 Å². The minimum atomic E-state index is -3.42. The van der Waals surface area contributed by atoms with E-state index in [9.17, 15) is 8.42 Å². The van der Waals surface area contributed by atoms with Crippen molar-refractivity contribution in [2.45, 2.75) is 6.42 Å². The van der Waals surface area contributed by atoms with Gasteiger partial charge in [0.05, 0.1) is 5.75 Å². The Labute approximate surface area is 95.6 Å². The minimum Gasteiger partial charge on any atom is -0.385 e. The van der Waals surface area contributed by atoms with Gasteiger partial charge in [-0.3, -0.25) is 0 Å². The fraction of sp³-hybridized carbons (Fsp3) is 0.857. The summed E-state index contributed by atoms with van der Waals surface area (Å²) in [6.45, 7) is 1.57. The lowest BCUT2D eigenvalue weighted by molar-refractivity contribution is 0.195. The Morgan fingerprint density at radius 1 is 1.40 bits per heavy atom. The second kappa shape index (κ2) is 7.80. The van der Waals surface area contributed by atoms with Gasteiger partial charge in [0.15, 0.2) is 5.11 Å². The number of ether oxygens (including phenoxy) is 1. The topological polar surface area (TPSA) is 93.4 Å². The van der Waals surface area contributed by atoms with Crippen LogP contribution in [0.15, 0.2) is 0 Å². The van der Waals surface area contributed by atoms with Gasteiger partial charge in [-0.15, -0.1) is 0 Å². The molecule has 0 rings (SSSR count). The average molecular weight is 255 g/mol. The number of thiocarbonyl (C=S) groups is 1. The van der Waals surface area contributed by atoms with Crippen LogP contribution in [0.4, 0.5) is 0 Å². The van der Waals surface area contributed by atoms with Crippen molar-refractivity contribution in [2.75, 3.05) is 32.6 Å². The molecule has 0 aromatic carbocycles. The summed E-state index contributed by atoms with van der Waals surface area (Å²) in [5.74, 6) is -0.132. The average Bonchev–Trinajstić information content (AvgIpc) is 2.10. The highest BCUT2D eigenvalue weighted by molar-refractivity contribution is 7.89. The highest BCUT2D eigenvalue weighted by Crippen LogP contribution is 1.78. The van der Waals surface area contributed by atoms with Crippen molar-refractivity contribution < 1.29 is 13.2 Å². The van der Waals surface area contributed by atoms with Crippen molar-refractivity contribution >= 4 is 27.4 Å². The molecule has 0 unspecified atom stereocenters. The number of nitrogens with one attached hydrogen (secondary N) is 2. The summed E-state index contributed by atoms with van der Waals surface area (Å²) in [5.41, 5.74) is 0. The smallest absolute Gasteiger partial charge is 0.210 e. The van der Waals surface area contributed by atoms with Gasteiger partial charge in [-0.05, 0) is 18.6 Å². The molecule has 0 fully saturated rings. The van der Waals surface area contributed by atoms with E-state index < -0.39 is 10.0 Å². The summed E-state index contributed by atoms with van der Waals surface area (Å²) in [7, 11) is -1.79. The molecule has 90 valence electrons. The van der Waals surface area contributed by atoms with E-state index in [1.165, 1.54) is 0 Å². The van der Waals surface area contributed by atoms with Crippen LogP contribution in [-0.2, 0) is 14.8 Å². The van der Waals surface area contributed by atoms with Crippen LogP contribution in [0.2, 0.25) is 0 Å². The van der Waals surface area contributed by atoms with Gasteiger partial charge in [0.25, 0.3) is 0 Å². The molecule has 4 N–H and O–H groups in total. The van der Waals surface area contributed by atoms with Crippen molar-refractivity contribution in [1.82, 2.24) is 10.6 Å². The van der Waals surface area contributed by atoms with Crippen LogP contribution in [-0.4, -0.2) is 46.1 Å². The molecule has 0 aliphatic carbocycles. The molecule has 0 saturated carbocycles. The number of nitrogens with two attached hydrogens (primary N) is 1. The maximum Gasteiger partial charge on any atom is 0.210 e. The standard InChI is InChI=1S/C7H17N3O3S2/c1-13-5-2-3-9-7(14)10-4-6-15(8,11)12/h2-6H2,1H3,(H2,8,11,12)(H2,9,10,14). The summed E-state index contributed by atoms with van der Waals surface area (Å²) in [6, 6.07) is 0. The number of hydrogen-bond donors (Lipinski definition) is 3. The predicted octanol–water partition coefficient (Wildman–Crippen LogP) is -1.22. The third-order valence-electron chi connectivity index (χ3n) is 1.48. The third-order valence-corrected chi connectivity index (χ3v) is 2.54. The van der Waals surface area contributed by atoms with Crippen molar-refractivity contribution in [3.05, 3.63) is 0 Å². The molecule has 0 aromatic heterocycles. The monoisotopic (exact) mass is 255 g/mol. The summed E-state index contributed by atoms with van der Waals surface area (Å²) < 4.78 is 26.0. The van der Waals surface area contributed by atoms with Crippen LogP contribution in [0.25, 0.3) is 0 Å². The van der Waals surface area contributed by atoms with Crippen LogP contribution in [0.5, 0.6) is 0 Å². The Hall–Kier alpha value is -0.440. The first kappa shape index (κ1) is 14.6. The van der Waals surface area contributed by atoms with E-state index in [-0.39, 0.29) is 12.3 Å². The van der Waals surface area contributed by atoms with Crippen molar-refractivity contribution in [3.8, 4) is 0 Å². The molecule has 0 bridgehead atoms. The SMILES string of the molecule is COCCCNC(=S)NCCS(N)(=O)=O. The van der Waals surface area contributed by atoms with Crippen LogP contribution in [0.3, 0.4) is 0 Å². The van der Waals surface area contributed by atoms with E-state index in [0.29, 0.717) is 18.3 Å². The van der Waals surface area contributed by atoms with Gasteiger partial charge in [0.2, 0.25) is 10.0 Å². The molecule has 0 aliphatic rings.